The second-order valence-electron chi connectivity index (χ2n) is 11.7. The lowest BCUT2D eigenvalue weighted by atomic mass is 9.67. The van der Waals surface area contributed by atoms with E-state index in [4.69, 9.17) is 19.9 Å². The summed E-state index contributed by atoms with van der Waals surface area (Å²) in [4.78, 5) is 19.3. The minimum absolute atomic E-state index is 0.0221. The van der Waals surface area contributed by atoms with Crippen molar-refractivity contribution < 1.29 is 0 Å². The molecule has 0 unspecified atom stereocenters. The number of rotatable bonds is 4. The van der Waals surface area contributed by atoms with Crippen LogP contribution >= 0.6 is 0 Å². The van der Waals surface area contributed by atoms with E-state index in [9.17, 15) is 5.26 Å². The van der Waals surface area contributed by atoms with Gasteiger partial charge < -0.3 is 0 Å². The van der Waals surface area contributed by atoms with E-state index in [2.05, 4.69) is 42.5 Å². The van der Waals surface area contributed by atoms with Gasteiger partial charge in [-0.1, -0.05) is 110 Å². The van der Waals surface area contributed by atoms with Crippen molar-refractivity contribution in [2.24, 2.45) is 0 Å². The Hall–Kier alpha value is -5.47. The van der Waals surface area contributed by atoms with E-state index in [0.29, 0.717) is 23.2 Å². The van der Waals surface area contributed by atoms with Gasteiger partial charge >= 0.3 is 0 Å². The van der Waals surface area contributed by atoms with Crippen LogP contribution < -0.4 is 0 Å². The SMILES string of the molecule is N#Cc1cccc2c1-c1ccc(-c3ccc(-c4nc(-c5ccccc5)nc(-c5ccccc5)n4)nc3)cc1C21CCCCC1. The fraction of sp³-hybridized carbons (Fsp3) is 0.154. The van der Waals surface area contributed by atoms with Crippen LogP contribution in [-0.2, 0) is 5.41 Å². The molecule has 0 bridgehead atoms. The Labute approximate surface area is 257 Å². The van der Waals surface area contributed by atoms with E-state index in [-0.39, 0.29) is 5.41 Å². The van der Waals surface area contributed by atoms with Gasteiger partial charge in [-0.25, -0.2) is 15.0 Å². The average Bonchev–Trinajstić information content (AvgIpc) is 3.37. The summed E-state index contributed by atoms with van der Waals surface area (Å²) < 4.78 is 0. The first-order chi connectivity index (χ1) is 21.7. The molecule has 5 nitrogen and oxygen atoms in total. The maximum atomic E-state index is 9.96. The number of hydrogen-bond donors (Lipinski definition) is 0. The van der Waals surface area contributed by atoms with Crippen LogP contribution in [0.4, 0.5) is 0 Å². The van der Waals surface area contributed by atoms with Crippen molar-refractivity contribution in [3.05, 3.63) is 132 Å². The molecule has 0 atom stereocenters. The van der Waals surface area contributed by atoms with Gasteiger partial charge in [0.25, 0.3) is 0 Å². The van der Waals surface area contributed by atoms with E-state index in [1.165, 1.54) is 36.0 Å². The molecule has 0 amide bonds. The summed E-state index contributed by atoms with van der Waals surface area (Å²) in [6, 6.07) is 39.5. The quantitative estimate of drug-likeness (QED) is 0.212. The molecule has 0 aliphatic heterocycles. The molecule has 1 spiro atoms. The second-order valence-corrected chi connectivity index (χ2v) is 11.7. The van der Waals surface area contributed by atoms with Crippen molar-refractivity contribution in [2.45, 2.75) is 37.5 Å². The van der Waals surface area contributed by atoms with Crippen LogP contribution in [0.5, 0.6) is 0 Å². The standard InChI is InChI=1S/C39H29N5/c40-24-29-15-10-16-32-35(29)31-19-17-28(23-33(31)39(32)21-8-3-9-22-39)30-18-20-34(41-25-30)38-43-36(26-11-4-1-5-12-26)42-37(44-38)27-13-6-2-7-14-27/h1-2,4-7,10-20,23,25H,3,8-9,21-22H2. The fourth-order valence-electron chi connectivity index (χ4n) is 7.13. The van der Waals surface area contributed by atoms with Gasteiger partial charge in [0.15, 0.2) is 17.5 Å². The molecule has 0 saturated heterocycles. The summed E-state index contributed by atoms with van der Waals surface area (Å²) in [5, 5.41) is 9.96. The molecular formula is C39H29N5. The third-order valence-corrected chi connectivity index (χ3v) is 9.24. The van der Waals surface area contributed by atoms with E-state index in [0.717, 1.165) is 46.2 Å². The van der Waals surface area contributed by atoms with Gasteiger partial charge in [-0.05, 0) is 53.3 Å². The molecule has 8 rings (SSSR count). The summed E-state index contributed by atoms with van der Waals surface area (Å²) in [5.41, 5.74) is 10.5. The zero-order valence-electron chi connectivity index (χ0n) is 24.2. The smallest absolute Gasteiger partial charge is 0.182 e. The maximum absolute atomic E-state index is 9.96. The first-order valence-corrected chi connectivity index (χ1v) is 15.3. The van der Waals surface area contributed by atoms with Crippen LogP contribution in [0.1, 0.15) is 48.8 Å². The number of benzene rings is 4. The summed E-state index contributed by atoms with van der Waals surface area (Å²) >= 11 is 0. The Kier molecular flexibility index (Phi) is 6.34. The van der Waals surface area contributed by atoms with Crippen molar-refractivity contribution in [2.75, 3.05) is 0 Å². The predicted molar refractivity (Wildman–Crippen MR) is 173 cm³/mol. The minimum atomic E-state index is -0.0221. The molecule has 44 heavy (non-hydrogen) atoms. The molecule has 1 saturated carbocycles. The monoisotopic (exact) mass is 567 g/mol. The Morgan fingerprint density at radius 2 is 1.23 bits per heavy atom. The van der Waals surface area contributed by atoms with Crippen molar-refractivity contribution >= 4 is 0 Å². The Balaban J connectivity index is 1.20. The minimum Gasteiger partial charge on any atom is -0.252 e. The molecule has 2 aliphatic rings. The lowest BCUT2D eigenvalue weighted by molar-refractivity contribution is 0.353. The van der Waals surface area contributed by atoms with E-state index >= 15 is 0 Å². The molecule has 5 heteroatoms. The topological polar surface area (TPSA) is 75.3 Å². The average molecular weight is 568 g/mol. The van der Waals surface area contributed by atoms with Crippen molar-refractivity contribution in [1.82, 2.24) is 19.9 Å². The first-order valence-electron chi connectivity index (χ1n) is 15.3. The lowest BCUT2D eigenvalue weighted by Crippen LogP contribution is -2.28. The molecule has 0 N–H and O–H groups in total. The Morgan fingerprint density at radius 3 is 1.86 bits per heavy atom. The van der Waals surface area contributed by atoms with Crippen molar-refractivity contribution in [3.63, 3.8) is 0 Å². The first kappa shape index (κ1) is 26.2. The van der Waals surface area contributed by atoms with Gasteiger partial charge in [0.1, 0.15) is 5.69 Å². The molecule has 2 aliphatic carbocycles. The van der Waals surface area contributed by atoms with Crippen LogP contribution in [0.3, 0.4) is 0 Å². The second kappa shape index (κ2) is 10.7. The van der Waals surface area contributed by atoms with Gasteiger partial charge in [-0.2, -0.15) is 5.26 Å². The number of fused-ring (bicyclic) bond motifs is 5. The zero-order valence-corrected chi connectivity index (χ0v) is 24.2. The molecular weight excluding hydrogens is 538 g/mol. The van der Waals surface area contributed by atoms with Gasteiger partial charge in [-0.15, -0.1) is 0 Å². The lowest BCUT2D eigenvalue weighted by Gasteiger charge is -2.36. The highest BCUT2D eigenvalue weighted by Gasteiger charge is 2.44. The normalized spacial score (nSPS) is 14.5. The van der Waals surface area contributed by atoms with Gasteiger partial charge in [-0.3, -0.25) is 4.98 Å². The highest BCUT2D eigenvalue weighted by atomic mass is 15.0. The predicted octanol–water partition coefficient (Wildman–Crippen LogP) is 9.04. The molecule has 210 valence electrons. The van der Waals surface area contributed by atoms with Crippen LogP contribution in [0.25, 0.3) is 56.5 Å². The molecule has 2 aromatic heterocycles. The van der Waals surface area contributed by atoms with Crippen LogP contribution in [-0.4, -0.2) is 19.9 Å². The number of nitriles is 1. The maximum Gasteiger partial charge on any atom is 0.182 e. The highest BCUT2D eigenvalue weighted by molar-refractivity contribution is 5.87. The molecule has 2 heterocycles. The van der Waals surface area contributed by atoms with Crippen LogP contribution in [0.2, 0.25) is 0 Å². The van der Waals surface area contributed by atoms with Gasteiger partial charge in [0, 0.05) is 33.9 Å². The molecule has 6 aromatic rings. The fourth-order valence-corrected chi connectivity index (χ4v) is 7.13. The van der Waals surface area contributed by atoms with E-state index in [1.54, 1.807) is 0 Å². The number of hydrogen-bond acceptors (Lipinski definition) is 5. The summed E-state index contributed by atoms with van der Waals surface area (Å²) in [6.45, 7) is 0. The number of nitrogens with zero attached hydrogens (tertiary/aromatic N) is 5. The zero-order chi connectivity index (χ0) is 29.5. The summed E-state index contributed by atoms with van der Waals surface area (Å²) in [5.74, 6) is 1.78. The highest BCUT2D eigenvalue weighted by Crippen LogP contribution is 2.57. The number of pyridine rings is 1. The summed E-state index contributed by atoms with van der Waals surface area (Å²) in [7, 11) is 0. The summed E-state index contributed by atoms with van der Waals surface area (Å²) in [6.07, 6.45) is 7.84. The van der Waals surface area contributed by atoms with Gasteiger partial charge in [0.05, 0.1) is 11.6 Å². The largest absolute Gasteiger partial charge is 0.252 e. The van der Waals surface area contributed by atoms with Crippen molar-refractivity contribution in [1.29, 1.82) is 5.26 Å². The van der Waals surface area contributed by atoms with E-state index in [1.807, 2.05) is 79.0 Å². The van der Waals surface area contributed by atoms with Crippen molar-refractivity contribution in [3.8, 4) is 62.6 Å². The van der Waals surface area contributed by atoms with E-state index < -0.39 is 0 Å². The molecule has 1 fully saturated rings. The van der Waals surface area contributed by atoms with Crippen LogP contribution in [0.15, 0.2) is 115 Å². The van der Waals surface area contributed by atoms with Crippen LogP contribution in [0, 0.1) is 11.3 Å². The third-order valence-electron chi connectivity index (χ3n) is 9.24. The van der Waals surface area contributed by atoms with Gasteiger partial charge in [0.2, 0.25) is 0 Å². The molecule has 4 aromatic carbocycles. The Bertz CT molecular complexity index is 1980. The third kappa shape index (κ3) is 4.30. The Morgan fingerprint density at radius 1 is 0.568 bits per heavy atom. The molecule has 0 radical (unpaired) electrons. The number of aromatic nitrogens is 4.